The standard InChI is InChI=1S/C16H27N3/c1-12-9-13(2)18-16(15(12)10-17-3)19(4)11-14-7-5-6-8-14/h9,14,17H,5-8,10-11H2,1-4H3. The molecule has 2 rings (SSSR count). The Morgan fingerprint density at radius 2 is 2.00 bits per heavy atom. The van der Waals surface area contributed by atoms with Gasteiger partial charge in [-0.15, -0.1) is 0 Å². The normalized spacial score (nSPS) is 16.0. The molecule has 0 radical (unpaired) electrons. The first-order valence-corrected chi connectivity index (χ1v) is 7.44. The Morgan fingerprint density at radius 3 is 2.63 bits per heavy atom. The van der Waals surface area contributed by atoms with Gasteiger partial charge in [0, 0.05) is 31.4 Å². The van der Waals surface area contributed by atoms with Crippen molar-refractivity contribution in [1.29, 1.82) is 0 Å². The van der Waals surface area contributed by atoms with E-state index in [2.05, 4.69) is 37.2 Å². The van der Waals surface area contributed by atoms with Crippen LogP contribution in [0.5, 0.6) is 0 Å². The Labute approximate surface area is 117 Å². The fourth-order valence-electron chi connectivity index (χ4n) is 3.22. The average Bonchev–Trinajstić information content (AvgIpc) is 2.85. The molecular weight excluding hydrogens is 234 g/mol. The van der Waals surface area contributed by atoms with E-state index in [1.165, 1.54) is 42.6 Å². The zero-order valence-corrected chi connectivity index (χ0v) is 12.8. The maximum Gasteiger partial charge on any atom is 0.133 e. The second-order valence-electron chi connectivity index (χ2n) is 5.94. The van der Waals surface area contributed by atoms with Crippen LogP contribution in [0.1, 0.15) is 42.5 Å². The SMILES string of the molecule is CNCc1c(C)cc(C)nc1N(C)CC1CCCC1. The summed E-state index contributed by atoms with van der Waals surface area (Å²) in [6, 6.07) is 2.18. The van der Waals surface area contributed by atoms with Gasteiger partial charge in [-0.1, -0.05) is 12.8 Å². The van der Waals surface area contributed by atoms with Crippen LogP contribution in [0.3, 0.4) is 0 Å². The summed E-state index contributed by atoms with van der Waals surface area (Å²) in [5.74, 6) is 2.02. The number of hydrogen-bond donors (Lipinski definition) is 1. The molecule has 1 aromatic rings. The number of anilines is 1. The molecule has 19 heavy (non-hydrogen) atoms. The highest BCUT2D eigenvalue weighted by molar-refractivity contribution is 5.51. The van der Waals surface area contributed by atoms with Crippen molar-refractivity contribution >= 4 is 5.82 Å². The third-order valence-corrected chi connectivity index (χ3v) is 4.18. The summed E-state index contributed by atoms with van der Waals surface area (Å²) in [6.45, 7) is 6.31. The van der Waals surface area contributed by atoms with Crippen LogP contribution in [0, 0.1) is 19.8 Å². The molecule has 0 aliphatic heterocycles. The summed E-state index contributed by atoms with van der Waals surface area (Å²) in [7, 11) is 4.19. The molecule has 0 spiro atoms. The molecule has 106 valence electrons. The first-order valence-electron chi connectivity index (χ1n) is 7.44. The quantitative estimate of drug-likeness (QED) is 0.883. The van der Waals surface area contributed by atoms with E-state index in [4.69, 9.17) is 4.98 Å². The Bertz CT molecular complexity index is 422. The molecule has 3 heteroatoms. The Hall–Kier alpha value is -1.09. The van der Waals surface area contributed by atoms with Gasteiger partial charge in [0.2, 0.25) is 0 Å². The number of rotatable bonds is 5. The molecule has 1 saturated carbocycles. The summed E-state index contributed by atoms with van der Waals surface area (Å²) in [4.78, 5) is 7.14. The van der Waals surface area contributed by atoms with Crippen molar-refractivity contribution < 1.29 is 0 Å². The largest absolute Gasteiger partial charge is 0.359 e. The van der Waals surface area contributed by atoms with Crippen molar-refractivity contribution in [2.45, 2.75) is 46.1 Å². The Morgan fingerprint density at radius 1 is 1.32 bits per heavy atom. The summed E-state index contributed by atoms with van der Waals surface area (Å²) in [6.07, 6.45) is 5.58. The van der Waals surface area contributed by atoms with Gasteiger partial charge in [0.1, 0.15) is 5.82 Å². The number of hydrogen-bond acceptors (Lipinski definition) is 3. The highest BCUT2D eigenvalue weighted by atomic mass is 15.2. The molecule has 1 heterocycles. The second-order valence-corrected chi connectivity index (χ2v) is 5.94. The minimum absolute atomic E-state index is 0.857. The Balaban J connectivity index is 2.20. The second kappa shape index (κ2) is 6.38. The predicted octanol–water partition coefficient (Wildman–Crippen LogP) is 3.04. The first-order chi connectivity index (χ1) is 9.11. The third-order valence-electron chi connectivity index (χ3n) is 4.18. The lowest BCUT2D eigenvalue weighted by atomic mass is 10.1. The molecule has 0 amide bonds. The van der Waals surface area contributed by atoms with Crippen molar-refractivity contribution in [2.75, 3.05) is 25.5 Å². The van der Waals surface area contributed by atoms with Crippen LogP contribution in [-0.4, -0.2) is 25.6 Å². The van der Waals surface area contributed by atoms with Crippen molar-refractivity contribution in [3.05, 3.63) is 22.9 Å². The van der Waals surface area contributed by atoms with E-state index < -0.39 is 0 Å². The number of pyridine rings is 1. The third kappa shape index (κ3) is 3.47. The maximum absolute atomic E-state index is 4.78. The molecule has 1 N–H and O–H groups in total. The van der Waals surface area contributed by atoms with Crippen molar-refractivity contribution in [3.8, 4) is 0 Å². The first kappa shape index (κ1) is 14.3. The van der Waals surface area contributed by atoms with Crippen LogP contribution in [-0.2, 0) is 6.54 Å². The number of aromatic nitrogens is 1. The molecule has 0 atom stereocenters. The van der Waals surface area contributed by atoms with Crippen LogP contribution in [0.2, 0.25) is 0 Å². The van der Waals surface area contributed by atoms with Crippen molar-refractivity contribution in [2.24, 2.45) is 5.92 Å². The lowest BCUT2D eigenvalue weighted by molar-refractivity contribution is 0.543. The monoisotopic (exact) mass is 261 g/mol. The molecule has 1 aromatic heterocycles. The number of nitrogens with zero attached hydrogens (tertiary/aromatic N) is 2. The summed E-state index contributed by atoms with van der Waals surface area (Å²) in [5.41, 5.74) is 3.80. The van der Waals surface area contributed by atoms with Gasteiger partial charge in [0.05, 0.1) is 0 Å². The topological polar surface area (TPSA) is 28.2 Å². The molecular formula is C16H27N3. The average molecular weight is 261 g/mol. The molecule has 0 unspecified atom stereocenters. The highest BCUT2D eigenvalue weighted by Crippen LogP contribution is 2.28. The van der Waals surface area contributed by atoms with E-state index in [1.807, 2.05) is 7.05 Å². The molecule has 0 saturated heterocycles. The number of aryl methyl sites for hydroxylation is 2. The van der Waals surface area contributed by atoms with Gasteiger partial charge < -0.3 is 10.2 Å². The molecule has 1 aliphatic carbocycles. The van der Waals surface area contributed by atoms with Crippen LogP contribution in [0.15, 0.2) is 6.07 Å². The van der Waals surface area contributed by atoms with Gasteiger partial charge in [-0.3, -0.25) is 0 Å². The van der Waals surface area contributed by atoms with Crippen molar-refractivity contribution in [1.82, 2.24) is 10.3 Å². The van der Waals surface area contributed by atoms with Crippen molar-refractivity contribution in [3.63, 3.8) is 0 Å². The van der Waals surface area contributed by atoms with E-state index in [-0.39, 0.29) is 0 Å². The summed E-state index contributed by atoms with van der Waals surface area (Å²) in [5, 5.41) is 3.27. The van der Waals surface area contributed by atoms with E-state index >= 15 is 0 Å². The van der Waals surface area contributed by atoms with Gasteiger partial charge in [0.15, 0.2) is 0 Å². The van der Waals surface area contributed by atoms with Crippen LogP contribution in [0.4, 0.5) is 5.82 Å². The van der Waals surface area contributed by atoms with Gasteiger partial charge in [-0.05, 0) is 51.3 Å². The van der Waals surface area contributed by atoms with Crippen LogP contribution in [0.25, 0.3) is 0 Å². The lowest BCUT2D eigenvalue weighted by Gasteiger charge is -2.25. The molecule has 1 aliphatic rings. The van der Waals surface area contributed by atoms with Gasteiger partial charge in [0.25, 0.3) is 0 Å². The van der Waals surface area contributed by atoms with E-state index in [0.717, 1.165) is 24.7 Å². The van der Waals surface area contributed by atoms with E-state index in [0.29, 0.717) is 0 Å². The molecule has 1 fully saturated rings. The van der Waals surface area contributed by atoms with Gasteiger partial charge in [-0.25, -0.2) is 4.98 Å². The Kier molecular flexibility index (Phi) is 4.81. The minimum Gasteiger partial charge on any atom is -0.359 e. The molecule has 3 nitrogen and oxygen atoms in total. The fraction of sp³-hybridized carbons (Fsp3) is 0.688. The predicted molar refractivity (Wildman–Crippen MR) is 81.7 cm³/mol. The smallest absolute Gasteiger partial charge is 0.133 e. The number of nitrogens with one attached hydrogen (secondary N) is 1. The zero-order valence-electron chi connectivity index (χ0n) is 12.8. The lowest BCUT2D eigenvalue weighted by Crippen LogP contribution is -2.27. The summed E-state index contributed by atoms with van der Waals surface area (Å²) < 4.78 is 0. The summed E-state index contributed by atoms with van der Waals surface area (Å²) >= 11 is 0. The van der Waals surface area contributed by atoms with E-state index in [1.54, 1.807) is 0 Å². The van der Waals surface area contributed by atoms with Crippen LogP contribution < -0.4 is 10.2 Å². The molecule has 0 aromatic carbocycles. The van der Waals surface area contributed by atoms with Crippen LogP contribution >= 0.6 is 0 Å². The minimum atomic E-state index is 0.857. The van der Waals surface area contributed by atoms with Gasteiger partial charge >= 0.3 is 0 Å². The fourth-order valence-corrected chi connectivity index (χ4v) is 3.22. The highest BCUT2D eigenvalue weighted by Gasteiger charge is 2.19. The van der Waals surface area contributed by atoms with E-state index in [9.17, 15) is 0 Å². The molecule has 0 bridgehead atoms. The zero-order chi connectivity index (χ0) is 13.8. The van der Waals surface area contributed by atoms with Gasteiger partial charge in [-0.2, -0.15) is 0 Å². The maximum atomic E-state index is 4.78.